The zero-order valence-corrected chi connectivity index (χ0v) is 29.7. The van der Waals surface area contributed by atoms with E-state index >= 15 is 0 Å². The van der Waals surface area contributed by atoms with Gasteiger partial charge in [-0.15, -0.1) is 11.8 Å². The van der Waals surface area contributed by atoms with Crippen LogP contribution in [0.1, 0.15) is 138 Å². The predicted molar refractivity (Wildman–Crippen MR) is 196 cm³/mol. The van der Waals surface area contributed by atoms with Gasteiger partial charge in [0, 0.05) is 35.6 Å². The number of phenolic OH excluding ortho intramolecular Hbond substituents is 1. The van der Waals surface area contributed by atoms with Crippen LogP contribution in [0.2, 0.25) is 0 Å². The zero-order chi connectivity index (χ0) is 33.8. The number of carbonyl (C=O) groups excluding carboxylic acids is 1. The van der Waals surface area contributed by atoms with Crippen molar-refractivity contribution in [3.8, 4) is 5.75 Å². The molecule has 0 saturated carbocycles. The highest BCUT2D eigenvalue weighted by Gasteiger charge is 2.32. The van der Waals surface area contributed by atoms with Crippen LogP contribution in [0.4, 0.5) is 0 Å². The number of nitrogens with one attached hydrogen (secondary N) is 1. The number of phenols is 1. The van der Waals surface area contributed by atoms with Crippen LogP contribution in [0.5, 0.6) is 5.75 Å². The summed E-state index contributed by atoms with van der Waals surface area (Å²) in [6.45, 7) is 2.79. The van der Waals surface area contributed by atoms with E-state index in [4.69, 9.17) is 9.47 Å². The van der Waals surface area contributed by atoms with E-state index in [-0.39, 0.29) is 30.5 Å². The molecule has 3 aromatic rings. The van der Waals surface area contributed by atoms with E-state index in [1.54, 1.807) is 23.9 Å². The molecular weight excluding hydrogens is 619 g/mol. The molecule has 0 aliphatic carbocycles. The van der Waals surface area contributed by atoms with Gasteiger partial charge in [-0.3, -0.25) is 4.79 Å². The minimum absolute atomic E-state index is 0.00960. The van der Waals surface area contributed by atoms with E-state index in [2.05, 4.69) is 12.2 Å². The molecule has 7 heteroatoms. The Morgan fingerprint density at radius 3 is 1.90 bits per heavy atom. The summed E-state index contributed by atoms with van der Waals surface area (Å²) >= 11 is 1.70. The fraction of sp³-hybridized carbons (Fsp3) is 0.537. The van der Waals surface area contributed by atoms with E-state index in [1.165, 1.54) is 70.6 Å². The maximum Gasteiger partial charge on any atom is 0.220 e. The third kappa shape index (κ3) is 13.9. The summed E-state index contributed by atoms with van der Waals surface area (Å²) in [6, 6.07) is 23.3. The first kappa shape index (κ1) is 38.0. The minimum Gasteiger partial charge on any atom is -0.508 e. The number of aliphatic hydroxyl groups excluding tert-OH is 1. The fourth-order valence-corrected chi connectivity index (χ4v) is 7.06. The molecule has 0 bridgehead atoms. The summed E-state index contributed by atoms with van der Waals surface area (Å²) in [5, 5.41) is 22.2. The molecule has 1 fully saturated rings. The van der Waals surface area contributed by atoms with Crippen LogP contribution in [0.25, 0.3) is 0 Å². The first-order chi connectivity index (χ1) is 23.5. The lowest BCUT2D eigenvalue weighted by Gasteiger charge is -2.36. The van der Waals surface area contributed by atoms with Crippen LogP contribution >= 0.6 is 11.8 Å². The summed E-state index contributed by atoms with van der Waals surface area (Å²) in [5.74, 6) is 1.12. The highest BCUT2D eigenvalue weighted by atomic mass is 32.2. The van der Waals surface area contributed by atoms with Gasteiger partial charge in [-0.25, -0.2) is 0 Å². The normalized spacial score (nSPS) is 17.8. The van der Waals surface area contributed by atoms with Crippen LogP contribution in [-0.4, -0.2) is 28.0 Å². The number of ether oxygens (including phenoxy) is 2. The third-order valence-electron chi connectivity index (χ3n) is 9.14. The van der Waals surface area contributed by atoms with Crippen LogP contribution in [0.15, 0.2) is 77.7 Å². The molecule has 4 rings (SSSR count). The van der Waals surface area contributed by atoms with Gasteiger partial charge in [0.05, 0.1) is 18.8 Å². The first-order valence-corrected chi connectivity index (χ1v) is 19.3. The number of hydrogen-bond acceptors (Lipinski definition) is 6. The van der Waals surface area contributed by atoms with Gasteiger partial charge >= 0.3 is 0 Å². The number of unbranched alkanes of at least 4 members (excludes halogenated alkanes) is 12. The summed E-state index contributed by atoms with van der Waals surface area (Å²) in [6.07, 6.45) is 17.5. The summed E-state index contributed by atoms with van der Waals surface area (Å²) in [4.78, 5) is 13.6. The lowest BCUT2D eigenvalue weighted by molar-refractivity contribution is -0.245. The molecule has 1 aliphatic rings. The van der Waals surface area contributed by atoms with Crippen molar-refractivity contribution in [3.63, 3.8) is 0 Å². The quantitative estimate of drug-likeness (QED) is 0.0726. The van der Waals surface area contributed by atoms with Crippen molar-refractivity contribution in [2.75, 3.05) is 5.75 Å². The summed E-state index contributed by atoms with van der Waals surface area (Å²) in [5.41, 5.74) is 3.91. The maximum absolute atomic E-state index is 12.5. The predicted octanol–water partition coefficient (Wildman–Crippen LogP) is 10.3. The Hall–Kier alpha value is -2.84. The Morgan fingerprint density at radius 1 is 0.729 bits per heavy atom. The Morgan fingerprint density at radius 2 is 1.29 bits per heavy atom. The lowest BCUT2D eigenvalue weighted by atomic mass is 10.0. The number of hydrogen-bond donors (Lipinski definition) is 3. The van der Waals surface area contributed by atoms with E-state index in [1.807, 2.05) is 60.7 Å². The van der Waals surface area contributed by atoms with E-state index < -0.39 is 6.29 Å². The van der Waals surface area contributed by atoms with Crippen LogP contribution in [0.3, 0.4) is 0 Å². The monoisotopic (exact) mass is 675 g/mol. The molecular formula is C41H57NO5S. The van der Waals surface area contributed by atoms with E-state index in [9.17, 15) is 15.0 Å². The lowest BCUT2D eigenvalue weighted by Crippen LogP contribution is -2.31. The third-order valence-corrected chi connectivity index (χ3v) is 10.3. The van der Waals surface area contributed by atoms with Crippen LogP contribution < -0.4 is 5.32 Å². The SMILES string of the molecule is CCCCCCCCCCCCCCCC(=O)NCc1ccc(C2O[C@H](CSc3ccc(O)cc3)C[C@H](c3ccc(CO)cc3)O2)cc1. The summed E-state index contributed by atoms with van der Waals surface area (Å²) < 4.78 is 12.9. The molecule has 3 atom stereocenters. The highest BCUT2D eigenvalue weighted by molar-refractivity contribution is 7.99. The number of benzene rings is 3. The number of aromatic hydroxyl groups is 1. The summed E-state index contributed by atoms with van der Waals surface area (Å²) in [7, 11) is 0. The van der Waals surface area contributed by atoms with Crippen molar-refractivity contribution in [2.24, 2.45) is 0 Å². The molecule has 1 amide bonds. The van der Waals surface area contributed by atoms with Gasteiger partial charge in [-0.2, -0.15) is 0 Å². The average Bonchev–Trinajstić information content (AvgIpc) is 3.12. The van der Waals surface area contributed by atoms with Crippen LogP contribution in [0, 0.1) is 0 Å². The average molecular weight is 676 g/mol. The van der Waals surface area contributed by atoms with Crippen molar-refractivity contribution in [3.05, 3.63) is 95.1 Å². The molecule has 1 aliphatic heterocycles. The molecule has 0 aromatic heterocycles. The second-order valence-electron chi connectivity index (χ2n) is 13.2. The molecule has 262 valence electrons. The molecule has 3 aromatic carbocycles. The van der Waals surface area contributed by atoms with Crippen LogP contribution in [-0.2, 0) is 27.4 Å². The smallest absolute Gasteiger partial charge is 0.220 e. The second-order valence-corrected chi connectivity index (χ2v) is 14.3. The van der Waals surface area contributed by atoms with E-state index in [0.29, 0.717) is 19.4 Å². The Bertz CT molecular complexity index is 1300. The van der Waals surface area contributed by atoms with Crippen molar-refractivity contribution < 1.29 is 24.5 Å². The standard InChI is InChI=1S/C41H57NO5S/c1-2-3-4-5-6-7-8-9-10-11-12-13-14-15-40(45)42-29-32-16-22-35(23-17-32)41-46-37(31-48-38-26-24-36(44)25-27-38)28-39(47-41)34-20-18-33(30-43)19-21-34/h16-27,37,39,41,43-44H,2-15,28-31H2,1H3,(H,42,45)/t37-,39+,41?/m0/s1. The molecule has 6 nitrogen and oxygen atoms in total. The van der Waals surface area contributed by atoms with Crippen molar-refractivity contribution in [1.82, 2.24) is 5.32 Å². The van der Waals surface area contributed by atoms with Crippen molar-refractivity contribution >= 4 is 17.7 Å². The van der Waals surface area contributed by atoms with Gasteiger partial charge in [0.25, 0.3) is 0 Å². The Balaban J connectivity index is 1.18. The molecule has 0 radical (unpaired) electrons. The Kier molecular flexibility index (Phi) is 17.4. The number of carbonyl (C=O) groups is 1. The molecule has 1 heterocycles. The Labute approximate surface area is 293 Å². The maximum atomic E-state index is 12.5. The van der Waals surface area contributed by atoms with Crippen molar-refractivity contribution in [1.29, 1.82) is 0 Å². The van der Waals surface area contributed by atoms with Gasteiger partial charge in [0.15, 0.2) is 6.29 Å². The second kappa shape index (κ2) is 22.0. The molecule has 1 unspecified atom stereocenters. The highest BCUT2D eigenvalue weighted by Crippen LogP contribution is 2.39. The zero-order valence-electron chi connectivity index (χ0n) is 28.9. The number of amides is 1. The van der Waals surface area contributed by atoms with Gasteiger partial charge in [0.1, 0.15) is 5.75 Å². The number of aliphatic hydroxyl groups is 1. The van der Waals surface area contributed by atoms with E-state index in [0.717, 1.165) is 45.7 Å². The molecule has 1 saturated heterocycles. The van der Waals surface area contributed by atoms with Crippen molar-refractivity contribution in [2.45, 2.75) is 140 Å². The fourth-order valence-electron chi connectivity index (χ4n) is 6.14. The molecule has 48 heavy (non-hydrogen) atoms. The molecule has 3 N–H and O–H groups in total. The van der Waals surface area contributed by atoms with Gasteiger partial charge < -0.3 is 25.0 Å². The first-order valence-electron chi connectivity index (χ1n) is 18.3. The largest absolute Gasteiger partial charge is 0.508 e. The van der Waals surface area contributed by atoms with Gasteiger partial charge in [-0.05, 0) is 47.4 Å². The number of rotatable bonds is 22. The molecule has 0 spiro atoms. The van der Waals surface area contributed by atoms with Gasteiger partial charge in [-0.1, -0.05) is 133 Å². The number of thioether (sulfide) groups is 1. The topological polar surface area (TPSA) is 88.0 Å². The van der Waals surface area contributed by atoms with Gasteiger partial charge in [0.2, 0.25) is 5.91 Å². The minimum atomic E-state index is -0.522.